The van der Waals surface area contributed by atoms with E-state index in [0.29, 0.717) is 28.7 Å². The van der Waals surface area contributed by atoms with Crippen molar-refractivity contribution in [2.75, 3.05) is 32.5 Å². The molecule has 7 unspecified atom stereocenters. The lowest BCUT2D eigenvalue weighted by Crippen LogP contribution is -2.63. The molecule has 0 aliphatic heterocycles. The number of amides is 1. The van der Waals surface area contributed by atoms with E-state index in [1.165, 1.54) is 32.1 Å². The Morgan fingerprint density at radius 2 is 1.64 bits per heavy atom. The molecule has 8 atom stereocenters. The highest BCUT2D eigenvalue weighted by Crippen LogP contribution is 2.77. The lowest BCUT2D eigenvalue weighted by molar-refractivity contribution is -0.199. The minimum absolute atomic E-state index is 0.0398. The third-order valence-electron chi connectivity index (χ3n) is 16.9. The number of aldehydes is 1. The molecular formula is C50H76ClN3O4. The molecule has 0 radical (unpaired) electrons. The van der Waals surface area contributed by atoms with Gasteiger partial charge in [-0.2, -0.15) is 0 Å². The average molecular weight is 819 g/mol. The van der Waals surface area contributed by atoms with Gasteiger partial charge in [0, 0.05) is 41.0 Å². The van der Waals surface area contributed by atoms with Crippen LogP contribution in [0.5, 0.6) is 0 Å². The maximum Gasteiger partial charge on any atom is 0.307 e. The molecule has 1 amide bonds. The molecule has 4 fully saturated rings. The summed E-state index contributed by atoms with van der Waals surface area (Å²) < 4.78 is 6.24. The first-order chi connectivity index (χ1) is 27.1. The predicted octanol–water partition coefficient (Wildman–Crippen LogP) is 11.4. The first kappa shape index (κ1) is 44.9. The lowest BCUT2D eigenvalue weighted by atomic mass is 9.34. The lowest BCUT2D eigenvalue weighted by Gasteiger charge is -2.70. The van der Waals surface area contributed by atoms with Crippen molar-refractivity contribution < 1.29 is 19.1 Å². The molecule has 4 saturated carbocycles. The Kier molecular flexibility index (Phi) is 12.9. The number of anilines is 1. The Hall–Kier alpha value is -2.64. The smallest absolute Gasteiger partial charge is 0.307 e. The number of likely N-dealkylation sites (N-methyl/N-ethyl adjacent to an activating group) is 1. The van der Waals surface area contributed by atoms with Gasteiger partial charge >= 0.3 is 5.97 Å². The number of fused-ring (bicyclic) bond motifs is 7. The number of rotatable bonds is 13. The largest absolute Gasteiger partial charge is 0.462 e. The van der Waals surface area contributed by atoms with Crippen molar-refractivity contribution in [2.45, 2.75) is 152 Å². The second kappa shape index (κ2) is 16.7. The maximum absolute atomic E-state index is 13.6. The topological polar surface area (TPSA) is 87.7 Å². The van der Waals surface area contributed by atoms with Crippen LogP contribution in [0.3, 0.4) is 0 Å². The molecule has 322 valence electrons. The van der Waals surface area contributed by atoms with Gasteiger partial charge in [0.05, 0.1) is 6.42 Å². The summed E-state index contributed by atoms with van der Waals surface area (Å²) in [5, 5.41) is 7.50. The summed E-state index contributed by atoms with van der Waals surface area (Å²) in [4.78, 5) is 40.6. The van der Waals surface area contributed by atoms with E-state index in [1.807, 2.05) is 44.2 Å². The fourth-order valence-corrected chi connectivity index (χ4v) is 14.1. The van der Waals surface area contributed by atoms with Gasteiger partial charge in [0.2, 0.25) is 5.91 Å². The predicted molar refractivity (Wildman–Crippen MR) is 237 cm³/mol. The van der Waals surface area contributed by atoms with E-state index in [1.54, 1.807) is 11.1 Å². The van der Waals surface area contributed by atoms with Gasteiger partial charge in [-0.15, -0.1) is 0 Å². The second-order valence-electron chi connectivity index (χ2n) is 22.2. The molecule has 1 aromatic carbocycles. The SMILES string of the molecule is CC(C)C1=C2C3CCC4C5(C)CCC(OC(=O)CC(C)(C)C=O)CC(C)(C)C5CCC4(C)[C@]3(C)CCC2(C/C(=C/C(=O)Nc2ccc(Cl)cc2)NCCN(C)C)CC1. The average Bonchev–Trinajstić information content (AvgIpc) is 3.46. The highest BCUT2D eigenvalue weighted by Gasteiger charge is 2.68. The molecule has 0 saturated heterocycles. The first-order valence-corrected chi connectivity index (χ1v) is 23.0. The van der Waals surface area contributed by atoms with E-state index in [0.717, 1.165) is 75.7 Å². The Morgan fingerprint density at radius 3 is 2.29 bits per heavy atom. The molecule has 0 bridgehead atoms. The summed E-state index contributed by atoms with van der Waals surface area (Å²) in [6.07, 6.45) is 16.0. The number of hydrogen-bond donors (Lipinski definition) is 2. The number of ether oxygens (including phenoxy) is 1. The zero-order valence-corrected chi connectivity index (χ0v) is 38.7. The highest BCUT2D eigenvalue weighted by molar-refractivity contribution is 6.30. The molecule has 7 nitrogen and oxygen atoms in total. The van der Waals surface area contributed by atoms with Crippen LogP contribution in [0.25, 0.3) is 0 Å². The molecular weight excluding hydrogens is 742 g/mol. The van der Waals surface area contributed by atoms with Crippen molar-refractivity contribution >= 4 is 35.5 Å². The van der Waals surface area contributed by atoms with E-state index in [9.17, 15) is 14.4 Å². The van der Waals surface area contributed by atoms with Crippen LogP contribution < -0.4 is 10.6 Å². The molecule has 1 aromatic rings. The van der Waals surface area contributed by atoms with Crippen LogP contribution in [0.15, 0.2) is 47.2 Å². The van der Waals surface area contributed by atoms with Crippen molar-refractivity contribution in [1.82, 2.24) is 10.2 Å². The molecule has 58 heavy (non-hydrogen) atoms. The van der Waals surface area contributed by atoms with E-state index >= 15 is 0 Å². The molecule has 0 aromatic heterocycles. The van der Waals surface area contributed by atoms with Crippen LogP contribution in [0, 0.1) is 56.2 Å². The normalized spacial score (nSPS) is 34.7. The van der Waals surface area contributed by atoms with Gasteiger partial charge in [-0.05, 0) is 166 Å². The molecule has 2 N–H and O–H groups in total. The van der Waals surface area contributed by atoms with Crippen LogP contribution in [-0.4, -0.2) is 56.4 Å². The number of nitrogens with one attached hydrogen (secondary N) is 2. The minimum atomic E-state index is -0.706. The third-order valence-corrected chi connectivity index (χ3v) is 17.1. The van der Waals surface area contributed by atoms with Gasteiger partial charge in [-0.1, -0.05) is 85.1 Å². The van der Waals surface area contributed by atoms with E-state index in [4.69, 9.17) is 16.3 Å². The van der Waals surface area contributed by atoms with Crippen LogP contribution in [0.2, 0.25) is 5.02 Å². The summed E-state index contributed by atoms with van der Waals surface area (Å²) in [6, 6.07) is 7.33. The van der Waals surface area contributed by atoms with Gasteiger partial charge in [0.25, 0.3) is 0 Å². The van der Waals surface area contributed by atoms with E-state index < -0.39 is 5.41 Å². The standard InChI is InChI=1S/C50H76ClN3O4/c1-33(2)38-19-23-50(29-36(52-26-27-54(10)11)28-42(56)53-35-14-12-34(51)13-15-35)25-24-48(8)39(44(38)50)16-17-41-47(7)21-18-37(58-43(57)31-45(3,4)32-55)30-46(5,6)40(47)20-22-49(41,48)9/h12-15,28,32-33,37,39-41,52H,16-27,29-31H2,1-11H3,(H,53,56)/b36-28-/t37?,39?,40?,41?,47?,48-,49?,50?/m1/s1. The number of carbonyl (C=O) groups is 3. The quantitative estimate of drug-likeness (QED) is 0.0892. The zero-order valence-electron chi connectivity index (χ0n) is 37.9. The zero-order chi connectivity index (χ0) is 42.5. The molecule has 8 heteroatoms. The summed E-state index contributed by atoms with van der Waals surface area (Å²) in [7, 11) is 4.19. The fourth-order valence-electron chi connectivity index (χ4n) is 13.9. The van der Waals surface area contributed by atoms with Crippen LogP contribution in [-0.2, 0) is 19.1 Å². The number of halogens is 1. The summed E-state index contributed by atoms with van der Waals surface area (Å²) in [5.74, 6) is 1.84. The molecule has 5 aliphatic carbocycles. The van der Waals surface area contributed by atoms with Crippen molar-refractivity contribution in [3.63, 3.8) is 0 Å². The number of esters is 1. The summed E-state index contributed by atoms with van der Waals surface area (Å²) in [5.41, 5.74) is 5.12. The third kappa shape index (κ3) is 8.61. The fraction of sp³-hybridized carbons (Fsp3) is 0.740. The number of allylic oxidation sites excluding steroid dienone is 3. The van der Waals surface area contributed by atoms with Gasteiger partial charge in [-0.3, -0.25) is 9.59 Å². The van der Waals surface area contributed by atoms with Crippen LogP contribution in [0.4, 0.5) is 5.69 Å². The van der Waals surface area contributed by atoms with Gasteiger partial charge in [0.15, 0.2) is 0 Å². The highest BCUT2D eigenvalue weighted by atomic mass is 35.5. The maximum atomic E-state index is 13.6. The Morgan fingerprint density at radius 1 is 0.931 bits per heavy atom. The molecule has 6 rings (SSSR count). The Bertz CT molecular complexity index is 1760. The second-order valence-corrected chi connectivity index (χ2v) is 22.6. The van der Waals surface area contributed by atoms with Gasteiger partial charge in [-0.25, -0.2) is 0 Å². The number of nitrogens with zero attached hydrogens (tertiary/aromatic N) is 1. The van der Waals surface area contributed by atoms with Crippen LogP contribution in [0.1, 0.15) is 146 Å². The van der Waals surface area contributed by atoms with Crippen molar-refractivity contribution in [2.24, 2.45) is 56.2 Å². The van der Waals surface area contributed by atoms with Crippen LogP contribution >= 0.6 is 11.6 Å². The molecule has 0 heterocycles. The Balaban J connectivity index is 1.29. The first-order valence-electron chi connectivity index (χ1n) is 22.6. The van der Waals surface area contributed by atoms with Gasteiger partial charge in [0.1, 0.15) is 12.4 Å². The molecule has 0 spiro atoms. The number of hydrogen-bond acceptors (Lipinski definition) is 6. The summed E-state index contributed by atoms with van der Waals surface area (Å²) >= 11 is 6.14. The van der Waals surface area contributed by atoms with Crippen molar-refractivity contribution in [3.05, 3.63) is 52.2 Å². The van der Waals surface area contributed by atoms with Gasteiger partial charge < -0.3 is 25.1 Å². The minimum Gasteiger partial charge on any atom is -0.462 e. The molecule has 5 aliphatic rings. The number of carbonyl (C=O) groups excluding carboxylic acids is 3. The Labute approximate surface area is 356 Å². The van der Waals surface area contributed by atoms with Crippen molar-refractivity contribution in [1.29, 1.82) is 0 Å². The van der Waals surface area contributed by atoms with Crippen molar-refractivity contribution in [3.8, 4) is 0 Å². The number of benzene rings is 1. The van der Waals surface area contributed by atoms with E-state index in [-0.39, 0.29) is 51.5 Å². The monoisotopic (exact) mass is 818 g/mol. The summed E-state index contributed by atoms with van der Waals surface area (Å²) in [6.45, 7) is 23.0. The van der Waals surface area contributed by atoms with E-state index in [2.05, 4.69) is 78.1 Å².